The Labute approximate surface area is 122 Å². The van der Waals surface area contributed by atoms with Crippen LogP contribution in [0.3, 0.4) is 0 Å². The quantitative estimate of drug-likeness (QED) is 0.805. The fourth-order valence-electron chi connectivity index (χ4n) is 2.01. The minimum atomic E-state index is -0.121. The number of hydrogen-bond donors (Lipinski definition) is 0. The van der Waals surface area contributed by atoms with E-state index in [-0.39, 0.29) is 12.0 Å². The lowest BCUT2D eigenvalue weighted by atomic mass is 10.1. The molecular weight excluding hydrogens is 289 g/mol. The Hall–Kier alpha value is -0.970. The lowest BCUT2D eigenvalue weighted by molar-refractivity contribution is -0.0109. The molecule has 6 heteroatoms. The highest BCUT2D eigenvalue weighted by atomic mass is 35.5. The maximum absolute atomic E-state index is 12.5. The van der Waals surface area contributed by atoms with Crippen LogP contribution in [-0.2, 0) is 4.74 Å². The summed E-state index contributed by atoms with van der Waals surface area (Å²) in [4.78, 5) is 14.2. The zero-order valence-corrected chi connectivity index (χ0v) is 12.1. The van der Waals surface area contributed by atoms with Gasteiger partial charge in [-0.25, -0.2) is 0 Å². The van der Waals surface area contributed by atoms with E-state index < -0.39 is 0 Å². The molecule has 1 aliphatic heterocycles. The van der Waals surface area contributed by atoms with Gasteiger partial charge in [0.2, 0.25) is 0 Å². The number of rotatable bonds is 3. The van der Waals surface area contributed by atoms with Crippen LogP contribution in [-0.4, -0.2) is 49.6 Å². The van der Waals surface area contributed by atoms with E-state index in [4.69, 9.17) is 32.7 Å². The summed E-state index contributed by atoms with van der Waals surface area (Å²) in [5.41, 5.74) is 0.463. The van der Waals surface area contributed by atoms with Gasteiger partial charge in [0.05, 0.1) is 31.3 Å². The number of nitrogens with zero attached hydrogens (tertiary/aromatic N) is 1. The van der Waals surface area contributed by atoms with Gasteiger partial charge in [0, 0.05) is 18.1 Å². The molecule has 19 heavy (non-hydrogen) atoms. The van der Waals surface area contributed by atoms with Crippen LogP contribution in [0, 0.1) is 0 Å². The number of ether oxygens (including phenoxy) is 2. The van der Waals surface area contributed by atoms with E-state index in [2.05, 4.69) is 0 Å². The minimum absolute atomic E-state index is 0.113. The summed E-state index contributed by atoms with van der Waals surface area (Å²) < 4.78 is 10.6. The van der Waals surface area contributed by atoms with Gasteiger partial charge in [0.25, 0.3) is 5.91 Å². The number of methoxy groups -OCH3 is 1. The molecule has 0 spiro atoms. The van der Waals surface area contributed by atoms with E-state index in [1.807, 2.05) is 0 Å². The molecule has 1 fully saturated rings. The first kappa shape index (κ1) is 14.4. The van der Waals surface area contributed by atoms with Crippen LogP contribution < -0.4 is 4.74 Å². The highest BCUT2D eigenvalue weighted by Gasteiger charge is 2.26. The Bertz CT molecular complexity index is 467. The topological polar surface area (TPSA) is 38.8 Å². The van der Waals surface area contributed by atoms with E-state index in [0.29, 0.717) is 41.9 Å². The minimum Gasteiger partial charge on any atom is -0.496 e. The molecule has 104 valence electrons. The molecule has 1 unspecified atom stereocenters. The molecule has 1 heterocycles. The summed E-state index contributed by atoms with van der Waals surface area (Å²) in [5.74, 6) is 0.775. The van der Waals surface area contributed by atoms with Gasteiger partial charge >= 0.3 is 0 Å². The molecule has 1 aliphatic rings. The molecule has 1 amide bonds. The van der Waals surface area contributed by atoms with Gasteiger partial charge in [-0.05, 0) is 18.2 Å². The normalized spacial score (nSPS) is 19.3. The molecule has 1 saturated heterocycles. The summed E-state index contributed by atoms with van der Waals surface area (Å²) in [5, 5.41) is 0.506. The third-order valence-corrected chi connectivity index (χ3v) is 3.57. The molecule has 0 radical (unpaired) electrons. The van der Waals surface area contributed by atoms with Crippen molar-refractivity contribution in [3.8, 4) is 5.75 Å². The monoisotopic (exact) mass is 303 g/mol. The Kier molecular flexibility index (Phi) is 4.91. The summed E-state index contributed by atoms with van der Waals surface area (Å²) in [7, 11) is 1.53. The number of hydrogen-bond acceptors (Lipinski definition) is 3. The zero-order chi connectivity index (χ0) is 13.8. The highest BCUT2D eigenvalue weighted by Crippen LogP contribution is 2.24. The molecular formula is C13H15Cl2NO3. The van der Waals surface area contributed by atoms with Crippen molar-refractivity contribution in [2.45, 2.75) is 6.10 Å². The number of carbonyl (C=O) groups is 1. The average Bonchev–Trinajstić information content (AvgIpc) is 2.46. The zero-order valence-electron chi connectivity index (χ0n) is 10.6. The van der Waals surface area contributed by atoms with Gasteiger partial charge in [0.1, 0.15) is 5.75 Å². The van der Waals surface area contributed by atoms with Gasteiger partial charge in [-0.15, -0.1) is 11.6 Å². The molecule has 2 rings (SSSR count). The van der Waals surface area contributed by atoms with Crippen LogP contribution in [0.4, 0.5) is 0 Å². The van der Waals surface area contributed by atoms with Gasteiger partial charge in [-0.1, -0.05) is 11.6 Å². The smallest absolute Gasteiger partial charge is 0.257 e. The Balaban J connectivity index is 2.21. The van der Waals surface area contributed by atoms with Crippen LogP contribution in [0.25, 0.3) is 0 Å². The number of halogens is 2. The van der Waals surface area contributed by atoms with Crippen molar-refractivity contribution in [3.05, 3.63) is 28.8 Å². The van der Waals surface area contributed by atoms with Crippen molar-refractivity contribution in [2.75, 3.05) is 32.7 Å². The van der Waals surface area contributed by atoms with Gasteiger partial charge < -0.3 is 14.4 Å². The lowest BCUT2D eigenvalue weighted by Gasteiger charge is -2.32. The Morgan fingerprint density at radius 1 is 1.58 bits per heavy atom. The van der Waals surface area contributed by atoms with Crippen LogP contribution >= 0.6 is 23.2 Å². The molecule has 4 nitrogen and oxygen atoms in total. The predicted octanol–water partition coefficient (Wildman–Crippen LogP) is 2.43. The first-order valence-corrected chi connectivity index (χ1v) is 6.87. The van der Waals surface area contributed by atoms with Crippen LogP contribution in [0.5, 0.6) is 5.75 Å². The van der Waals surface area contributed by atoms with E-state index in [0.717, 1.165) is 0 Å². The second-order valence-electron chi connectivity index (χ2n) is 4.24. The molecule has 1 aromatic carbocycles. The summed E-state index contributed by atoms with van der Waals surface area (Å²) in [6.07, 6.45) is -0.121. The third kappa shape index (κ3) is 3.32. The largest absolute Gasteiger partial charge is 0.496 e. The van der Waals surface area contributed by atoms with Crippen LogP contribution in [0.2, 0.25) is 5.02 Å². The highest BCUT2D eigenvalue weighted by molar-refractivity contribution is 6.31. The molecule has 0 N–H and O–H groups in total. The van der Waals surface area contributed by atoms with E-state index in [1.165, 1.54) is 7.11 Å². The van der Waals surface area contributed by atoms with E-state index in [9.17, 15) is 4.79 Å². The number of amides is 1. The molecule has 0 aliphatic carbocycles. The fourth-order valence-corrected chi connectivity index (χ4v) is 2.37. The average molecular weight is 304 g/mol. The first-order valence-electron chi connectivity index (χ1n) is 5.96. The second-order valence-corrected chi connectivity index (χ2v) is 4.99. The Morgan fingerprint density at radius 2 is 2.37 bits per heavy atom. The van der Waals surface area contributed by atoms with Crippen molar-refractivity contribution in [2.24, 2.45) is 0 Å². The van der Waals surface area contributed by atoms with Crippen molar-refractivity contribution in [1.29, 1.82) is 0 Å². The van der Waals surface area contributed by atoms with Crippen molar-refractivity contribution >= 4 is 29.1 Å². The summed E-state index contributed by atoms with van der Waals surface area (Å²) >= 11 is 11.7. The first-order chi connectivity index (χ1) is 9.15. The van der Waals surface area contributed by atoms with Crippen LogP contribution in [0.15, 0.2) is 18.2 Å². The standard InChI is InChI=1S/C13H15Cl2NO3/c1-18-12-3-2-9(15)6-11(12)13(17)16-4-5-19-10(7-14)8-16/h2-3,6,10H,4-5,7-8H2,1H3. The van der Waals surface area contributed by atoms with E-state index >= 15 is 0 Å². The second kappa shape index (κ2) is 6.46. The predicted molar refractivity (Wildman–Crippen MR) is 74.4 cm³/mol. The van der Waals surface area contributed by atoms with Gasteiger partial charge in [0.15, 0.2) is 0 Å². The summed E-state index contributed by atoms with van der Waals surface area (Å²) in [6, 6.07) is 5.00. The molecule has 0 bridgehead atoms. The maximum Gasteiger partial charge on any atom is 0.257 e. The number of alkyl halides is 1. The van der Waals surface area contributed by atoms with Gasteiger partial charge in [-0.2, -0.15) is 0 Å². The third-order valence-electron chi connectivity index (χ3n) is 2.99. The molecule has 1 aromatic rings. The number of carbonyl (C=O) groups excluding carboxylic acids is 1. The van der Waals surface area contributed by atoms with E-state index in [1.54, 1.807) is 23.1 Å². The SMILES string of the molecule is COc1ccc(Cl)cc1C(=O)N1CCOC(CCl)C1. The summed E-state index contributed by atoms with van der Waals surface area (Å²) in [6.45, 7) is 1.52. The van der Waals surface area contributed by atoms with Crippen LogP contribution in [0.1, 0.15) is 10.4 Å². The molecule has 0 saturated carbocycles. The van der Waals surface area contributed by atoms with Crippen molar-refractivity contribution < 1.29 is 14.3 Å². The van der Waals surface area contributed by atoms with Crippen molar-refractivity contribution in [3.63, 3.8) is 0 Å². The fraction of sp³-hybridized carbons (Fsp3) is 0.462. The van der Waals surface area contributed by atoms with Gasteiger partial charge in [-0.3, -0.25) is 4.79 Å². The Morgan fingerprint density at radius 3 is 3.05 bits per heavy atom. The maximum atomic E-state index is 12.5. The lowest BCUT2D eigenvalue weighted by Crippen LogP contribution is -2.46. The molecule has 0 aromatic heterocycles. The molecule has 1 atom stereocenters. The number of benzene rings is 1. The van der Waals surface area contributed by atoms with Crippen molar-refractivity contribution in [1.82, 2.24) is 4.90 Å². The number of morpholine rings is 1.